The van der Waals surface area contributed by atoms with Crippen LogP contribution >= 0.6 is 11.8 Å². The van der Waals surface area contributed by atoms with Crippen molar-refractivity contribution in [3.63, 3.8) is 0 Å². The predicted molar refractivity (Wildman–Crippen MR) is 165 cm³/mol. The van der Waals surface area contributed by atoms with Gasteiger partial charge in [0.1, 0.15) is 18.9 Å². The van der Waals surface area contributed by atoms with E-state index in [0.717, 1.165) is 37.0 Å². The maximum absolute atomic E-state index is 13.7. The molecule has 0 radical (unpaired) electrons. The van der Waals surface area contributed by atoms with Gasteiger partial charge >= 0.3 is 12.1 Å². The number of hydrogen-bond donors (Lipinski definition) is 0. The maximum atomic E-state index is 13.7. The molecule has 6 atom stereocenters. The Labute approximate surface area is 251 Å². The Morgan fingerprint density at radius 1 is 1.12 bits per heavy atom. The molecule has 1 aliphatic carbocycles. The zero-order valence-electron chi connectivity index (χ0n) is 25.6. The second-order valence-electron chi connectivity index (χ2n) is 13.3. The third kappa shape index (κ3) is 6.34. The van der Waals surface area contributed by atoms with Crippen LogP contribution in [0.3, 0.4) is 0 Å². The number of fused-ring (bicyclic) bond motifs is 3. The minimum Gasteiger partial charge on any atom is -0.457 e. The summed E-state index contributed by atoms with van der Waals surface area (Å²) < 4.78 is 17.5. The molecule has 8 nitrogen and oxygen atoms in total. The average Bonchev–Trinajstić information content (AvgIpc) is 3.49. The van der Waals surface area contributed by atoms with Gasteiger partial charge in [0.15, 0.2) is 8.32 Å². The van der Waals surface area contributed by atoms with E-state index in [2.05, 4.69) is 47.0 Å². The summed E-state index contributed by atoms with van der Waals surface area (Å²) in [6, 6.07) is -0.0615. The largest absolute Gasteiger partial charge is 0.457 e. The van der Waals surface area contributed by atoms with Crippen molar-refractivity contribution in [3.8, 4) is 0 Å². The van der Waals surface area contributed by atoms with Crippen LogP contribution < -0.4 is 0 Å². The maximum Gasteiger partial charge on any atom is 0.410 e. The highest BCUT2D eigenvalue weighted by Crippen LogP contribution is 2.55. The van der Waals surface area contributed by atoms with Crippen molar-refractivity contribution in [2.24, 2.45) is 17.8 Å². The topological polar surface area (TPSA) is 85.4 Å². The fourth-order valence-electron chi connectivity index (χ4n) is 6.51. The van der Waals surface area contributed by atoms with Gasteiger partial charge in [-0.1, -0.05) is 52.5 Å². The van der Waals surface area contributed by atoms with Gasteiger partial charge in [-0.05, 0) is 61.6 Å². The Morgan fingerprint density at radius 3 is 2.46 bits per heavy atom. The highest BCUT2D eigenvalue weighted by Gasteiger charge is 2.63. The summed E-state index contributed by atoms with van der Waals surface area (Å²) in [4.78, 5) is 43.0. The second-order valence-corrected chi connectivity index (χ2v) is 19.3. The van der Waals surface area contributed by atoms with Gasteiger partial charge in [0.05, 0.1) is 18.1 Å². The van der Waals surface area contributed by atoms with E-state index in [1.807, 2.05) is 18.7 Å². The zero-order chi connectivity index (χ0) is 30.1. The second kappa shape index (κ2) is 12.7. The van der Waals surface area contributed by atoms with Gasteiger partial charge in [-0.2, -0.15) is 11.8 Å². The number of carbonyl (C=O) groups is 3. The lowest BCUT2D eigenvalue weighted by Gasteiger charge is -2.51. The number of ether oxygens (including phenoxy) is 2. The summed E-state index contributed by atoms with van der Waals surface area (Å²) in [5.74, 6) is 0.661. The third-order valence-corrected chi connectivity index (χ3v) is 15.7. The smallest absolute Gasteiger partial charge is 0.410 e. The first-order valence-corrected chi connectivity index (χ1v) is 18.9. The molecular weight excluding hydrogens is 557 g/mol. The number of likely N-dealkylation sites (tertiary alicyclic amines) is 1. The Bertz CT molecular complexity index is 1080. The van der Waals surface area contributed by atoms with Crippen LogP contribution in [0.25, 0.3) is 0 Å². The van der Waals surface area contributed by atoms with Crippen LogP contribution in [0, 0.1) is 17.8 Å². The highest BCUT2D eigenvalue weighted by atomic mass is 32.2. The van der Waals surface area contributed by atoms with E-state index in [9.17, 15) is 14.4 Å². The van der Waals surface area contributed by atoms with Gasteiger partial charge in [0.2, 0.25) is 5.91 Å². The zero-order valence-corrected chi connectivity index (χ0v) is 27.5. The molecule has 4 aliphatic rings. The minimum atomic E-state index is -2.08. The van der Waals surface area contributed by atoms with Crippen LogP contribution in [0.2, 0.25) is 18.1 Å². The van der Waals surface area contributed by atoms with E-state index in [1.54, 1.807) is 22.0 Å². The Balaban J connectivity index is 1.51. The molecule has 10 heteroatoms. The first-order chi connectivity index (χ1) is 19.3. The summed E-state index contributed by atoms with van der Waals surface area (Å²) in [5.41, 5.74) is 1.54. The van der Waals surface area contributed by atoms with E-state index in [4.69, 9.17) is 13.9 Å². The molecule has 0 unspecified atom stereocenters. The highest BCUT2D eigenvalue weighted by molar-refractivity contribution is 8.00. The SMILES string of the molecule is C=CCOC(=O)C1=C2[C@@H](SC[C@H]3CCN(C(=O)OCC=C)C3)CCC[C@H]2[C@@H]2[C@@H]([C@@H](C)O[Si](C)(C)C(C)(C)C)C(=O)N12. The monoisotopic (exact) mass is 604 g/mol. The van der Waals surface area contributed by atoms with Crippen molar-refractivity contribution in [2.75, 3.05) is 32.1 Å². The van der Waals surface area contributed by atoms with Crippen molar-refractivity contribution >= 4 is 38.0 Å². The number of amides is 2. The fraction of sp³-hybridized carbons (Fsp3) is 0.710. The van der Waals surface area contributed by atoms with E-state index in [-0.39, 0.29) is 59.5 Å². The first kappa shape index (κ1) is 31.9. The molecule has 0 aromatic carbocycles. The molecular formula is C31H48N2O6SSi. The summed E-state index contributed by atoms with van der Waals surface area (Å²) in [6.07, 6.45) is 6.52. The van der Waals surface area contributed by atoms with Gasteiger partial charge in [-0.15, -0.1) is 0 Å². The number of carbonyl (C=O) groups excluding carboxylic acids is 3. The molecule has 0 aromatic rings. The first-order valence-electron chi connectivity index (χ1n) is 15.0. The van der Waals surface area contributed by atoms with Crippen molar-refractivity contribution in [3.05, 3.63) is 36.6 Å². The fourth-order valence-corrected chi connectivity index (χ4v) is 9.52. The van der Waals surface area contributed by atoms with Gasteiger partial charge < -0.3 is 23.7 Å². The lowest BCUT2D eigenvalue weighted by molar-refractivity contribution is -0.163. The summed E-state index contributed by atoms with van der Waals surface area (Å²) in [5, 5.41) is 0.175. The molecule has 228 valence electrons. The third-order valence-electron chi connectivity index (χ3n) is 9.56. The number of β-lactam (4-membered cyclic amide) rings is 1. The molecule has 0 N–H and O–H groups in total. The Morgan fingerprint density at radius 2 is 1.80 bits per heavy atom. The molecule has 0 bridgehead atoms. The molecule has 3 fully saturated rings. The van der Waals surface area contributed by atoms with E-state index in [1.165, 1.54) is 0 Å². The van der Waals surface area contributed by atoms with Crippen LogP contribution in [0.1, 0.15) is 53.4 Å². The van der Waals surface area contributed by atoms with E-state index in [0.29, 0.717) is 24.7 Å². The Kier molecular flexibility index (Phi) is 9.86. The Hall–Kier alpha value is -2.04. The normalized spacial score (nSPS) is 28.5. The number of hydrogen-bond acceptors (Lipinski definition) is 7. The summed E-state index contributed by atoms with van der Waals surface area (Å²) in [6.45, 7) is 22.1. The molecule has 0 aromatic heterocycles. The quantitative estimate of drug-likeness (QED) is 0.128. The molecule has 2 amide bonds. The van der Waals surface area contributed by atoms with Gasteiger partial charge in [0.25, 0.3) is 0 Å². The minimum absolute atomic E-state index is 0.0260. The molecule has 1 saturated carbocycles. The van der Waals surface area contributed by atoms with E-state index >= 15 is 0 Å². The summed E-state index contributed by atoms with van der Waals surface area (Å²) in [7, 11) is -2.08. The number of thioether (sulfide) groups is 1. The number of rotatable bonds is 11. The van der Waals surface area contributed by atoms with Crippen molar-refractivity contribution in [1.29, 1.82) is 0 Å². The molecule has 0 spiro atoms. The summed E-state index contributed by atoms with van der Waals surface area (Å²) >= 11 is 1.86. The molecule has 2 saturated heterocycles. The van der Waals surface area contributed by atoms with Crippen molar-refractivity contribution < 1.29 is 28.3 Å². The number of esters is 1. The van der Waals surface area contributed by atoms with Crippen molar-refractivity contribution in [2.45, 2.75) is 88.9 Å². The van der Waals surface area contributed by atoms with Gasteiger partial charge in [-0.25, -0.2) is 9.59 Å². The standard InChI is InChI=1S/C31H48N2O6SSi/c1-9-16-37-29(35)27-25-22(26-24(28(34)33(26)27)20(3)39-41(7,8)31(4,5)6)12-11-13-23(25)40-19-21-14-15-32(18-21)30(36)38-17-10-2/h9-10,20-24,26H,1-2,11-19H2,3-8H3/t20-,21+,22-,23+,24-,26-/m1/s1. The van der Waals surface area contributed by atoms with Gasteiger partial charge in [0, 0.05) is 24.3 Å². The van der Waals surface area contributed by atoms with Crippen molar-refractivity contribution in [1.82, 2.24) is 9.80 Å². The lowest BCUT2D eigenvalue weighted by Crippen LogP contribution is -2.65. The molecule has 3 heterocycles. The average molecular weight is 605 g/mol. The molecule has 41 heavy (non-hydrogen) atoms. The number of nitrogens with zero attached hydrogens (tertiary/aromatic N) is 2. The molecule has 3 aliphatic heterocycles. The van der Waals surface area contributed by atoms with Crippen LogP contribution in [0.5, 0.6) is 0 Å². The van der Waals surface area contributed by atoms with Gasteiger partial charge in [-0.3, -0.25) is 4.79 Å². The van der Waals surface area contributed by atoms with Crippen LogP contribution in [-0.2, 0) is 23.5 Å². The predicted octanol–water partition coefficient (Wildman–Crippen LogP) is 5.77. The van der Waals surface area contributed by atoms with Crippen LogP contribution in [0.15, 0.2) is 36.6 Å². The lowest BCUT2D eigenvalue weighted by atomic mass is 9.72. The van der Waals surface area contributed by atoms with Crippen LogP contribution in [0.4, 0.5) is 4.79 Å². The molecule has 4 rings (SSSR count). The van der Waals surface area contributed by atoms with Crippen LogP contribution in [-0.4, -0.2) is 85.5 Å². The van der Waals surface area contributed by atoms with E-state index < -0.39 is 14.3 Å².